The molecule has 0 atom stereocenters. The molecule has 1 aliphatic carbocycles. The molecule has 154 valence electrons. The number of benzene rings is 2. The molecule has 0 radical (unpaired) electrons. The number of amides is 1. The van der Waals surface area contributed by atoms with Gasteiger partial charge in [0.1, 0.15) is 6.61 Å². The highest BCUT2D eigenvalue weighted by atomic mass is 35.5. The number of nitrogens with one attached hydrogen (secondary N) is 1. The molecule has 0 unspecified atom stereocenters. The van der Waals surface area contributed by atoms with Crippen LogP contribution in [0.2, 0.25) is 5.02 Å². The lowest BCUT2D eigenvalue weighted by Crippen LogP contribution is -2.28. The van der Waals surface area contributed by atoms with Gasteiger partial charge in [-0.15, -0.1) is 0 Å². The van der Waals surface area contributed by atoms with Gasteiger partial charge in [0, 0.05) is 10.9 Å². The summed E-state index contributed by atoms with van der Waals surface area (Å²) < 4.78 is 11.6. The molecule has 0 heterocycles. The maximum Gasteiger partial charge on any atom is 0.243 e. The minimum Gasteiger partial charge on any atom is -0.490 e. The van der Waals surface area contributed by atoms with Gasteiger partial charge < -0.3 is 9.47 Å². The van der Waals surface area contributed by atoms with E-state index in [9.17, 15) is 4.79 Å². The van der Waals surface area contributed by atoms with E-state index in [4.69, 9.17) is 21.1 Å². The molecule has 1 fully saturated rings. The van der Waals surface area contributed by atoms with Crippen LogP contribution in [0.25, 0.3) is 0 Å². The Morgan fingerprint density at radius 3 is 2.59 bits per heavy atom. The average molecular weight is 415 g/mol. The number of carbonyl (C=O) groups excluding carboxylic acids is 1. The number of carbonyl (C=O) groups is 1. The molecule has 1 N–H and O–H groups in total. The van der Waals surface area contributed by atoms with Crippen molar-refractivity contribution >= 4 is 23.7 Å². The molecule has 0 bridgehead atoms. The zero-order chi connectivity index (χ0) is 20.5. The van der Waals surface area contributed by atoms with E-state index in [-0.39, 0.29) is 11.8 Å². The van der Waals surface area contributed by atoms with Crippen LogP contribution in [0.5, 0.6) is 11.5 Å². The highest BCUT2D eigenvalue weighted by molar-refractivity contribution is 6.30. The number of nitrogens with zero attached hydrogens (tertiary/aromatic N) is 1. The Morgan fingerprint density at radius 1 is 1.10 bits per heavy atom. The van der Waals surface area contributed by atoms with Gasteiger partial charge in [-0.25, -0.2) is 5.43 Å². The van der Waals surface area contributed by atoms with Crippen molar-refractivity contribution < 1.29 is 14.3 Å². The van der Waals surface area contributed by atoms with Crippen LogP contribution >= 0.6 is 11.6 Å². The van der Waals surface area contributed by atoms with Crippen molar-refractivity contribution in [2.24, 2.45) is 11.0 Å². The van der Waals surface area contributed by atoms with Gasteiger partial charge in [0.05, 0.1) is 12.8 Å². The summed E-state index contributed by atoms with van der Waals surface area (Å²) in [6.45, 7) is 2.87. The van der Waals surface area contributed by atoms with Crippen molar-refractivity contribution in [3.63, 3.8) is 0 Å². The zero-order valence-corrected chi connectivity index (χ0v) is 17.5. The number of ether oxygens (including phenoxy) is 2. The number of hydrogen-bond acceptors (Lipinski definition) is 4. The summed E-state index contributed by atoms with van der Waals surface area (Å²) in [5.41, 5.74) is 4.52. The lowest BCUT2D eigenvalue weighted by Gasteiger charge is -2.19. The third-order valence-electron chi connectivity index (χ3n) is 4.94. The zero-order valence-electron chi connectivity index (χ0n) is 16.7. The summed E-state index contributed by atoms with van der Waals surface area (Å²) in [5.74, 6) is 1.40. The number of hydrogen-bond donors (Lipinski definition) is 1. The fraction of sp³-hybridized carbons (Fsp3) is 0.391. The summed E-state index contributed by atoms with van der Waals surface area (Å²) in [6.07, 6.45) is 7.00. The van der Waals surface area contributed by atoms with E-state index in [1.165, 1.54) is 6.42 Å². The van der Waals surface area contributed by atoms with Gasteiger partial charge >= 0.3 is 0 Å². The van der Waals surface area contributed by atoms with E-state index in [0.29, 0.717) is 29.7 Å². The van der Waals surface area contributed by atoms with Crippen molar-refractivity contribution in [1.29, 1.82) is 0 Å². The second kappa shape index (κ2) is 10.9. The van der Waals surface area contributed by atoms with Crippen molar-refractivity contribution in [3.05, 3.63) is 58.6 Å². The van der Waals surface area contributed by atoms with Crippen LogP contribution in [-0.4, -0.2) is 18.7 Å². The van der Waals surface area contributed by atoms with Crippen LogP contribution in [0, 0.1) is 5.92 Å². The normalized spacial score (nSPS) is 14.7. The van der Waals surface area contributed by atoms with Crippen molar-refractivity contribution in [3.8, 4) is 11.5 Å². The van der Waals surface area contributed by atoms with E-state index < -0.39 is 0 Å². The molecule has 1 saturated carbocycles. The van der Waals surface area contributed by atoms with Gasteiger partial charge in [0.15, 0.2) is 11.5 Å². The number of halogens is 1. The molecular formula is C23H27ClN2O3. The Kier molecular flexibility index (Phi) is 7.94. The van der Waals surface area contributed by atoms with E-state index in [1.807, 2.05) is 49.4 Å². The van der Waals surface area contributed by atoms with Gasteiger partial charge in [-0.2, -0.15) is 5.10 Å². The average Bonchev–Trinajstić information content (AvgIpc) is 2.75. The number of rotatable bonds is 8. The van der Waals surface area contributed by atoms with E-state index in [2.05, 4.69) is 10.5 Å². The predicted octanol–water partition coefficient (Wildman–Crippen LogP) is 5.35. The molecule has 0 saturated heterocycles. The predicted molar refractivity (Wildman–Crippen MR) is 116 cm³/mol. The van der Waals surface area contributed by atoms with E-state index >= 15 is 0 Å². The van der Waals surface area contributed by atoms with Crippen LogP contribution in [0.1, 0.15) is 50.2 Å². The largest absolute Gasteiger partial charge is 0.490 e. The molecule has 29 heavy (non-hydrogen) atoms. The lowest BCUT2D eigenvalue weighted by atomic mass is 9.89. The topological polar surface area (TPSA) is 59.9 Å². The van der Waals surface area contributed by atoms with Gasteiger partial charge in [0.2, 0.25) is 5.91 Å². The fourth-order valence-electron chi connectivity index (χ4n) is 3.36. The third kappa shape index (κ3) is 6.50. The molecule has 0 aromatic heterocycles. The summed E-state index contributed by atoms with van der Waals surface area (Å²) >= 11 is 5.92. The van der Waals surface area contributed by atoms with Gasteiger partial charge in [-0.3, -0.25) is 4.79 Å². The molecule has 2 aromatic carbocycles. The maximum absolute atomic E-state index is 12.2. The number of hydrazone groups is 1. The summed E-state index contributed by atoms with van der Waals surface area (Å²) in [5, 5.41) is 4.81. The molecule has 2 aromatic rings. The van der Waals surface area contributed by atoms with Crippen LogP contribution in [-0.2, 0) is 11.4 Å². The first-order valence-corrected chi connectivity index (χ1v) is 10.5. The molecular weight excluding hydrogens is 388 g/mol. The van der Waals surface area contributed by atoms with Crippen LogP contribution in [0.4, 0.5) is 0 Å². The van der Waals surface area contributed by atoms with Gasteiger partial charge in [-0.1, -0.05) is 43.0 Å². The van der Waals surface area contributed by atoms with Gasteiger partial charge in [-0.05, 0) is 61.2 Å². The molecule has 5 nitrogen and oxygen atoms in total. The first kappa shape index (κ1) is 21.2. The second-order valence-corrected chi connectivity index (χ2v) is 7.56. The molecule has 1 aliphatic rings. The molecule has 0 aliphatic heterocycles. The smallest absolute Gasteiger partial charge is 0.243 e. The van der Waals surface area contributed by atoms with Crippen molar-refractivity contribution in [2.75, 3.05) is 6.61 Å². The molecule has 0 spiro atoms. The van der Waals surface area contributed by atoms with Crippen LogP contribution in [0.15, 0.2) is 47.6 Å². The highest BCUT2D eigenvalue weighted by Crippen LogP contribution is 2.29. The summed E-state index contributed by atoms with van der Waals surface area (Å²) in [6, 6.07) is 13.1. The van der Waals surface area contributed by atoms with Crippen LogP contribution < -0.4 is 14.9 Å². The Labute approximate surface area is 177 Å². The highest BCUT2D eigenvalue weighted by Gasteiger charge is 2.20. The van der Waals surface area contributed by atoms with Crippen molar-refractivity contribution in [2.45, 2.75) is 45.6 Å². The Bertz CT molecular complexity index is 831. The summed E-state index contributed by atoms with van der Waals surface area (Å²) in [7, 11) is 0. The Morgan fingerprint density at radius 2 is 1.86 bits per heavy atom. The quantitative estimate of drug-likeness (QED) is 0.468. The summed E-state index contributed by atoms with van der Waals surface area (Å²) in [4.78, 5) is 12.2. The molecule has 1 amide bonds. The monoisotopic (exact) mass is 414 g/mol. The standard InChI is InChI=1S/C23H27ClN2O3/c1-2-28-22-14-18(15-25-26-23(27)19-6-4-3-5-7-19)10-13-21(22)29-16-17-8-11-20(24)12-9-17/h8-15,19H,2-7,16H2,1H3,(H,26,27). The minimum absolute atomic E-state index is 0.00824. The SMILES string of the molecule is CCOc1cc(C=NNC(=O)C2CCCCC2)ccc1OCc1ccc(Cl)cc1. The Hall–Kier alpha value is -2.53. The van der Waals surface area contributed by atoms with Gasteiger partial charge in [0.25, 0.3) is 0 Å². The van der Waals surface area contributed by atoms with Crippen LogP contribution in [0.3, 0.4) is 0 Å². The van der Waals surface area contributed by atoms with E-state index in [1.54, 1.807) is 6.21 Å². The minimum atomic E-state index is 0.00824. The van der Waals surface area contributed by atoms with E-state index in [0.717, 1.165) is 36.8 Å². The Balaban J connectivity index is 1.60. The lowest BCUT2D eigenvalue weighted by molar-refractivity contribution is -0.125. The first-order valence-electron chi connectivity index (χ1n) is 10.1. The fourth-order valence-corrected chi connectivity index (χ4v) is 3.49. The first-order chi connectivity index (χ1) is 14.2. The van der Waals surface area contributed by atoms with Crippen molar-refractivity contribution in [1.82, 2.24) is 5.43 Å². The second-order valence-electron chi connectivity index (χ2n) is 7.12. The molecule has 3 rings (SSSR count). The third-order valence-corrected chi connectivity index (χ3v) is 5.19. The maximum atomic E-state index is 12.2. The molecule has 6 heteroatoms.